The van der Waals surface area contributed by atoms with Gasteiger partial charge in [-0.15, -0.1) is 0 Å². The molecule has 3 N–H and O–H groups in total. The Kier molecular flexibility index (Phi) is 4.52. The van der Waals surface area contributed by atoms with Gasteiger partial charge in [-0.3, -0.25) is 0 Å². The lowest BCUT2D eigenvalue weighted by atomic mass is 9.99. The number of hydrogen-bond acceptors (Lipinski definition) is 3. The fourth-order valence-corrected chi connectivity index (χ4v) is 2.95. The normalized spacial score (nSPS) is 15.8. The Hall–Kier alpha value is -2.16. The molecule has 2 aromatic rings. The van der Waals surface area contributed by atoms with E-state index >= 15 is 0 Å². The number of anilines is 3. The summed E-state index contributed by atoms with van der Waals surface area (Å²) in [7, 11) is 0. The van der Waals surface area contributed by atoms with Crippen LogP contribution in [0.3, 0.4) is 0 Å². The van der Waals surface area contributed by atoms with Crippen molar-refractivity contribution in [1.82, 2.24) is 0 Å². The molecule has 0 atom stereocenters. The molecular weight excluding hydrogens is 270 g/mol. The van der Waals surface area contributed by atoms with E-state index in [1.54, 1.807) is 0 Å². The van der Waals surface area contributed by atoms with E-state index in [-0.39, 0.29) is 0 Å². The van der Waals surface area contributed by atoms with Crippen molar-refractivity contribution in [3.05, 3.63) is 54.1 Å². The number of piperidine rings is 1. The molecule has 0 aliphatic carbocycles. The fourth-order valence-electron chi connectivity index (χ4n) is 2.95. The third kappa shape index (κ3) is 3.53. The van der Waals surface area contributed by atoms with E-state index in [1.807, 2.05) is 18.2 Å². The predicted molar refractivity (Wildman–Crippen MR) is 95.2 cm³/mol. The average Bonchev–Trinajstić information content (AvgIpc) is 2.55. The SMILES string of the molecule is CC1CCN(c2ccc(NCc3ccccc3N)cc2)CC1. The summed E-state index contributed by atoms with van der Waals surface area (Å²) < 4.78 is 0. The number of nitrogen functional groups attached to an aromatic ring is 1. The molecular formula is C19H25N3. The molecule has 0 saturated carbocycles. The van der Waals surface area contributed by atoms with Gasteiger partial charge in [0, 0.05) is 36.7 Å². The highest BCUT2D eigenvalue weighted by molar-refractivity contribution is 5.56. The van der Waals surface area contributed by atoms with Crippen LogP contribution in [0.4, 0.5) is 17.1 Å². The number of rotatable bonds is 4. The molecule has 3 nitrogen and oxygen atoms in total. The van der Waals surface area contributed by atoms with E-state index in [2.05, 4.69) is 47.5 Å². The van der Waals surface area contributed by atoms with Crippen LogP contribution in [0.2, 0.25) is 0 Å². The Labute approximate surface area is 133 Å². The third-order valence-electron chi connectivity index (χ3n) is 4.55. The summed E-state index contributed by atoms with van der Waals surface area (Å²) in [6, 6.07) is 16.7. The van der Waals surface area contributed by atoms with Crippen LogP contribution in [0.1, 0.15) is 25.3 Å². The highest BCUT2D eigenvalue weighted by Crippen LogP contribution is 2.24. The quantitative estimate of drug-likeness (QED) is 0.834. The molecule has 0 unspecified atom stereocenters. The van der Waals surface area contributed by atoms with E-state index in [9.17, 15) is 0 Å². The molecule has 22 heavy (non-hydrogen) atoms. The molecule has 0 bridgehead atoms. The first-order chi connectivity index (χ1) is 10.7. The maximum absolute atomic E-state index is 5.97. The third-order valence-corrected chi connectivity index (χ3v) is 4.55. The van der Waals surface area contributed by atoms with Gasteiger partial charge in [0.25, 0.3) is 0 Å². The summed E-state index contributed by atoms with van der Waals surface area (Å²) in [6.07, 6.45) is 2.60. The highest BCUT2D eigenvalue weighted by Gasteiger charge is 2.15. The molecule has 2 aromatic carbocycles. The second-order valence-electron chi connectivity index (χ2n) is 6.27. The maximum Gasteiger partial charge on any atom is 0.0421 e. The van der Waals surface area contributed by atoms with E-state index in [0.29, 0.717) is 0 Å². The fraction of sp³-hybridized carbons (Fsp3) is 0.368. The van der Waals surface area contributed by atoms with Crippen molar-refractivity contribution < 1.29 is 0 Å². The van der Waals surface area contributed by atoms with Gasteiger partial charge in [0.1, 0.15) is 0 Å². The molecule has 0 spiro atoms. The van der Waals surface area contributed by atoms with Crippen molar-refractivity contribution in [2.75, 3.05) is 29.0 Å². The summed E-state index contributed by atoms with van der Waals surface area (Å²) >= 11 is 0. The number of nitrogens with one attached hydrogen (secondary N) is 1. The van der Waals surface area contributed by atoms with Gasteiger partial charge in [0.05, 0.1) is 0 Å². The van der Waals surface area contributed by atoms with Crippen LogP contribution in [0.25, 0.3) is 0 Å². The first-order valence-corrected chi connectivity index (χ1v) is 8.14. The van der Waals surface area contributed by atoms with Crippen LogP contribution in [0.15, 0.2) is 48.5 Å². The molecule has 1 aliphatic heterocycles. The van der Waals surface area contributed by atoms with Crippen molar-refractivity contribution in [2.24, 2.45) is 5.92 Å². The Balaban J connectivity index is 1.59. The molecule has 116 valence electrons. The smallest absolute Gasteiger partial charge is 0.0421 e. The number of benzene rings is 2. The van der Waals surface area contributed by atoms with E-state index < -0.39 is 0 Å². The van der Waals surface area contributed by atoms with Gasteiger partial charge in [-0.25, -0.2) is 0 Å². The standard InChI is InChI=1S/C19H25N3/c1-15-10-12-22(13-11-15)18-8-6-17(7-9-18)21-14-16-4-2-3-5-19(16)20/h2-9,15,21H,10-14,20H2,1H3. The highest BCUT2D eigenvalue weighted by atomic mass is 15.1. The van der Waals surface area contributed by atoms with Crippen LogP contribution in [-0.4, -0.2) is 13.1 Å². The minimum atomic E-state index is 0.757. The largest absolute Gasteiger partial charge is 0.398 e. The first kappa shape index (κ1) is 14.8. The number of hydrogen-bond donors (Lipinski definition) is 2. The summed E-state index contributed by atoms with van der Waals surface area (Å²) in [5.41, 5.74) is 10.4. The summed E-state index contributed by atoms with van der Waals surface area (Å²) in [6.45, 7) is 5.45. The molecule has 0 aromatic heterocycles. The number of nitrogens with two attached hydrogens (primary N) is 1. The summed E-state index contributed by atoms with van der Waals surface area (Å²) in [4.78, 5) is 2.49. The molecule has 1 saturated heterocycles. The molecule has 0 radical (unpaired) electrons. The van der Waals surface area contributed by atoms with Gasteiger partial charge in [0.2, 0.25) is 0 Å². The van der Waals surface area contributed by atoms with Gasteiger partial charge in [-0.2, -0.15) is 0 Å². The second-order valence-corrected chi connectivity index (χ2v) is 6.27. The van der Waals surface area contributed by atoms with Crippen molar-refractivity contribution in [2.45, 2.75) is 26.3 Å². The first-order valence-electron chi connectivity index (χ1n) is 8.14. The maximum atomic E-state index is 5.97. The van der Waals surface area contributed by atoms with Gasteiger partial charge in [0.15, 0.2) is 0 Å². The summed E-state index contributed by atoms with van der Waals surface area (Å²) in [5, 5.41) is 3.44. The monoisotopic (exact) mass is 295 g/mol. The lowest BCUT2D eigenvalue weighted by Crippen LogP contribution is -2.32. The van der Waals surface area contributed by atoms with Crippen LogP contribution < -0.4 is 16.0 Å². The van der Waals surface area contributed by atoms with E-state index in [4.69, 9.17) is 5.73 Å². The Morgan fingerprint density at radius 1 is 1.05 bits per heavy atom. The zero-order valence-corrected chi connectivity index (χ0v) is 13.3. The second kappa shape index (κ2) is 6.73. The number of nitrogens with zero attached hydrogens (tertiary/aromatic N) is 1. The van der Waals surface area contributed by atoms with E-state index in [0.717, 1.165) is 29.4 Å². The molecule has 3 rings (SSSR count). The lowest BCUT2D eigenvalue weighted by molar-refractivity contribution is 0.438. The summed E-state index contributed by atoms with van der Waals surface area (Å²) in [5.74, 6) is 0.869. The Morgan fingerprint density at radius 2 is 1.73 bits per heavy atom. The van der Waals surface area contributed by atoms with Crippen LogP contribution in [-0.2, 0) is 6.54 Å². The minimum Gasteiger partial charge on any atom is -0.398 e. The van der Waals surface area contributed by atoms with Crippen molar-refractivity contribution in [1.29, 1.82) is 0 Å². The average molecular weight is 295 g/mol. The van der Waals surface area contributed by atoms with Gasteiger partial charge in [-0.1, -0.05) is 25.1 Å². The van der Waals surface area contributed by atoms with Crippen molar-refractivity contribution >= 4 is 17.1 Å². The van der Waals surface area contributed by atoms with Crippen molar-refractivity contribution in [3.8, 4) is 0 Å². The van der Waals surface area contributed by atoms with Crippen LogP contribution in [0.5, 0.6) is 0 Å². The van der Waals surface area contributed by atoms with Gasteiger partial charge in [-0.05, 0) is 54.7 Å². The Bertz CT molecular complexity index is 598. The van der Waals surface area contributed by atoms with Gasteiger partial charge >= 0.3 is 0 Å². The molecule has 0 amide bonds. The zero-order valence-electron chi connectivity index (χ0n) is 13.3. The lowest BCUT2D eigenvalue weighted by Gasteiger charge is -2.32. The van der Waals surface area contributed by atoms with E-state index in [1.165, 1.54) is 31.6 Å². The Morgan fingerprint density at radius 3 is 2.41 bits per heavy atom. The van der Waals surface area contributed by atoms with Crippen molar-refractivity contribution in [3.63, 3.8) is 0 Å². The number of para-hydroxylation sites is 1. The molecule has 1 heterocycles. The van der Waals surface area contributed by atoms with Gasteiger partial charge < -0.3 is 16.0 Å². The zero-order chi connectivity index (χ0) is 15.4. The van der Waals surface area contributed by atoms with Crippen LogP contribution >= 0.6 is 0 Å². The minimum absolute atomic E-state index is 0.757. The molecule has 1 fully saturated rings. The predicted octanol–water partition coefficient (Wildman–Crippen LogP) is 4.12. The molecule has 3 heteroatoms. The van der Waals surface area contributed by atoms with Crippen LogP contribution in [0, 0.1) is 5.92 Å². The molecule has 1 aliphatic rings. The topological polar surface area (TPSA) is 41.3 Å².